The largest absolute Gasteiger partial charge is 0.350 e. The zero-order valence-electron chi connectivity index (χ0n) is 13.9. The van der Waals surface area contributed by atoms with E-state index >= 15 is 0 Å². The maximum Gasteiger partial charge on any atom is 0.270 e. The number of anilines is 1. The molecule has 0 saturated heterocycles. The summed E-state index contributed by atoms with van der Waals surface area (Å²) in [6, 6.07) is 15.1. The minimum atomic E-state index is -0.233. The molecule has 0 aliphatic heterocycles. The molecule has 1 atom stereocenters. The standard InChI is InChI=1S/C19H19N5O/c1-14(16-7-3-2-4-8-16)23-18(25)17-9-11-21-19(24-17)22-13-15-6-5-10-20-12-15/h2-12,14H,13H2,1H3,(H,23,25)(H,21,22,24). The fourth-order valence-corrected chi connectivity index (χ4v) is 2.35. The number of benzene rings is 1. The average Bonchev–Trinajstić information content (AvgIpc) is 2.68. The van der Waals surface area contributed by atoms with Gasteiger partial charge in [0.2, 0.25) is 5.95 Å². The zero-order chi connectivity index (χ0) is 17.5. The van der Waals surface area contributed by atoms with Crippen molar-refractivity contribution in [2.24, 2.45) is 0 Å². The molecule has 0 bridgehead atoms. The minimum Gasteiger partial charge on any atom is -0.350 e. The van der Waals surface area contributed by atoms with Gasteiger partial charge in [0, 0.05) is 25.1 Å². The predicted molar refractivity (Wildman–Crippen MR) is 95.9 cm³/mol. The molecule has 0 fully saturated rings. The van der Waals surface area contributed by atoms with Crippen molar-refractivity contribution < 1.29 is 4.79 Å². The van der Waals surface area contributed by atoms with E-state index in [2.05, 4.69) is 25.6 Å². The van der Waals surface area contributed by atoms with Gasteiger partial charge in [0.1, 0.15) is 5.69 Å². The molecule has 0 radical (unpaired) electrons. The van der Waals surface area contributed by atoms with E-state index in [9.17, 15) is 4.79 Å². The van der Waals surface area contributed by atoms with Crippen molar-refractivity contribution in [1.29, 1.82) is 0 Å². The predicted octanol–water partition coefficient (Wildman–Crippen LogP) is 2.97. The van der Waals surface area contributed by atoms with Crippen molar-refractivity contribution in [2.75, 3.05) is 5.32 Å². The summed E-state index contributed by atoms with van der Waals surface area (Å²) in [5.41, 5.74) is 2.38. The Bertz CT molecular complexity index is 823. The number of amides is 1. The first-order valence-electron chi connectivity index (χ1n) is 8.04. The van der Waals surface area contributed by atoms with Gasteiger partial charge < -0.3 is 10.6 Å². The van der Waals surface area contributed by atoms with E-state index in [0.29, 0.717) is 18.2 Å². The second-order valence-electron chi connectivity index (χ2n) is 5.59. The Morgan fingerprint density at radius 1 is 1.08 bits per heavy atom. The normalized spacial score (nSPS) is 11.6. The summed E-state index contributed by atoms with van der Waals surface area (Å²) in [5.74, 6) is 0.173. The molecule has 6 nitrogen and oxygen atoms in total. The van der Waals surface area contributed by atoms with Gasteiger partial charge in [0.25, 0.3) is 5.91 Å². The molecule has 3 rings (SSSR count). The van der Waals surface area contributed by atoms with Gasteiger partial charge >= 0.3 is 0 Å². The highest BCUT2D eigenvalue weighted by Gasteiger charge is 2.13. The summed E-state index contributed by atoms with van der Waals surface area (Å²) < 4.78 is 0. The second kappa shape index (κ2) is 8.01. The third-order valence-electron chi connectivity index (χ3n) is 3.71. The Labute approximate surface area is 146 Å². The van der Waals surface area contributed by atoms with E-state index in [0.717, 1.165) is 11.1 Å². The van der Waals surface area contributed by atoms with Crippen LogP contribution in [-0.2, 0) is 6.54 Å². The number of rotatable bonds is 6. The van der Waals surface area contributed by atoms with Crippen LogP contribution < -0.4 is 10.6 Å². The van der Waals surface area contributed by atoms with E-state index in [1.54, 1.807) is 24.7 Å². The van der Waals surface area contributed by atoms with Crippen molar-refractivity contribution in [1.82, 2.24) is 20.3 Å². The highest BCUT2D eigenvalue weighted by Crippen LogP contribution is 2.12. The van der Waals surface area contributed by atoms with Crippen molar-refractivity contribution in [3.63, 3.8) is 0 Å². The molecule has 0 saturated carbocycles. The minimum absolute atomic E-state index is 0.101. The molecule has 2 N–H and O–H groups in total. The molecule has 0 aliphatic rings. The van der Waals surface area contributed by atoms with Crippen LogP contribution in [0.3, 0.4) is 0 Å². The molecule has 0 spiro atoms. The molecule has 1 unspecified atom stereocenters. The molecule has 1 aromatic carbocycles. The first-order valence-corrected chi connectivity index (χ1v) is 8.04. The Kier molecular flexibility index (Phi) is 5.31. The van der Waals surface area contributed by atoms with E-state index in [-0.39, 0.29) is 11.9 Å². The lowest BCUT2D eigenvalue weighted by Gasteiger charge is -2.14. The highest BCUT2D eigenvalue weighted by atomic mass is 16.1. The molecule has 2 heterocycles. The molecule has 0 aliphatic carbocycles. The van der Waals surface area contributed by atoms with Crippen molar-refractivity contribution in [3.8, 4) is 0 Å². The Hall–Kier alpha value is -3.28. The van der Waals surface area contributed by atoms with Crippen molar-refractivity contribution in [2.45, 2.75) is 19.5 Å². The molecular formula is C19H19N5O. The van der Waals surface area contributed by atoms with Gasteiger partial charge in [0.05, 0.1) is 6.04 Å². The molecule has 1 amide bonds. The van der Waals surface area contributed by atoms with Gasteiger partial charge in [-0.1, -0.05) is 36.4 Å². The number of nitrogens with one attached hydrogen (secondary N) is 2. The maximum absolute atomic E-state index is 12.4. The Morgan fingerprint density at radius 3 is 2.68 bits per heavy atom. The maximum atomic E-state index is 12.4. The number of carbonyl (C=O) groups is 1. The van der Waals surface area contributed by atoms with Crippen LogP contribution in [-0.4, -0.2) is 20.9 Å². The van der Waals surface area contributed by atoms with E-state index in [4.69, 9.17) is 0 Å². The number of hydrogen-bond acceptors (Lipinski definition) is 5. The lowest BCUT2D eigenvalue weighted by atomic mass is 10.1. The second-order valence-corrected chi connectivity index (χ2v) is 5.59. The number of aromatic nitrogens is 3. The first kappa shape index (κ1) is 16.6. The Balaban J connectivity index is 1.63. The summed E-state index contributed by atoms with van der Waals surface area (Å²) in [6.45, 7) is 2.48. The molecule has 25 heavy (non-hydrogen) atoms. The monoisotopic (exact) mass is 333 g/mol. The highest BCUT2D eigenvalue weighted by molar-refractivity contribution is 5.92. The summed E-state index contributed by atoms with van der Waals surface area (Å²) in [5, 5.41) is 6.05. The fraction of sp³-hybridized carbons (Fsp3) is 0.158. The molecule has 126 valence electrons. The quantitative estimate of drug-likeness (QED) is 0.725. The van der Waals surface area contributed by atoms with Crippen LogP contribution in [0, 0.1) is 0 Å². The van der Waals surface area contributed by atoms with Gasteiger partial charge in [-0.15, -0.1) is 0 Å². The van der Waals surface area contributed by atoms with Crippen LogP contribution >= 0.6 is 0 Å². The summed E-state index contributed by atoms with van der Waals surface area (Å²) >= 11 is 0. The lowest BCUT2D eigenvalue weighted by molar-refractivity contribution is 0.0935. The van der Waals surface area contributed by atoms with Crippen molar-refractivity contribution in [3.05, 3.63) is 83.9 Å². The van der Waals surface area contributed by atoms with E-state index in [1.807, 2.05) is 49.4 Å². The van der Waals surface area contributed by atoms with Crippen LogP contribution in [0.25, 0.3) is 0 Å². The van der Waals surface area contributed by atoms with Gasteiger partial charge in [-0.05, 0) is 30.2 Å². The number of nitrogens with zero attached hydrogens (tertiary/aromatic N) is 3. The first-order chi connectivity index (χ1) is 12.2. The van der Waals surface area contributed by atoms with E-state index < -0.39 is 0 Å². The van der Waals surface area contributed by atoms with Gasteiger partial charge in [0.15, 0.2) is 0 Å². The third-order valence-corrected chi connectivity index (χ3v) is 3.71. The van der Waals surface area contributed by atoms with Gasteiger partial charge in [-0.25, -0.2) is 9.97 Å². The smallest absolute Gasteiger partial charge is 0.270 e. The van der Waals surface area contributed by atoms with E-state index in [1.165, 1.54) is 0 Å². The lowest BCUT2D eigenvalue weighted by Crippen LogP contribution is -2.27. The molecule has 2 aromatic heterocycles. The molecule has 6 heteroatoms. The fourth-order valence-electron chi connectivity index (χ4n) is 2.35. The van der Waals surface area contributed by atoms with Crippen molar-refractivity contribution >= 4 is 11.9 Å². The number of hydrogen-bond donors (Lipinski definition) is 2. The summed E-state index contributed by atoms with van der Waals surface area (Å²) in [6.07, 6.45) is 5.06. The van der Waals surface area contributed by atoms with Crippen LogP contribution in [0.1, 0.15) is 34.6 Å². The average molecular weight is 333 g/mol. The number of carbonyl (C=O) groups excluding carboxylic acids is 1. The number of pyridine rings is 1. The molecule has 3 aromatic rings. The van der Waals surface area contributed by atoms with Crippen LogP contribution in [0.5, 0.6) is 0 Å². The topological polar surface area (TPSA) is 79.8 Å². The van der Waals surface area contributed by atoms with Crippen LogP contribution in [0.4, 0.5) is 5.95 Å². The summed E-state index contributed by atoms with van der Waals surface area (Å²) in [4.78, 5) is 24.9. The van der Waals surface area contributed by atoms with Crippen LogP contribution in [0.15, 0.2) is 67.1 Å². The van der Waals surface area contributed by atoms with Gasteiger partial charge in [-0.3, -0.25) is 9.78 Å². The van der Waals surface area contributed by atoms with Gasteiger partial charge in [-0.2, -0.15) is 0 Å². The molecular weight excluding hydrogens is 314 g/mol. The van der Waals surface area contributed by atoms with Crippen LogP contribution in [0.2, 0.25) is 0 Å². The third kappa shape index (κ3) is 4.60. The SMILES string of the molecule is CC(NC(=O)c1ccnc(NCc2cccnc2)n1)c1ccccc1. The summed E-state index contributed by atoms with van der Waals surface area (Å²) in [7, 11) is 0. The Morgan fingerprint density at radius 2 is 1.92 bits per heavy atom. The zero-order valence-corrected chi connectivity index (χ0v) is 13.9.